The van der Waals surface area contributed by atoms with Crippen LogP contribution >= 0.6 is 27.5 Å². The van der Waals surface area contributed by atoms with E-state index in [0.29, 0.717) is 17.0 Å². The van der Waals surface area contributed by atoms with E-state index in [1.165, 1.54) is 0 Å². The van der Waals surface area contributed by atoms with E-state index in [4.69, 9.17) is 11.6 Å². The molecule has 0 saturated heterocycles. The topological polar surface area (TPSA) is 17.1 Å². The molecule has 0 aliphatic carbocycles. The third-order valence-corrected chi connectivity index (χ3v) is 3.57. The smallest absolute Gasteiger partial charge is 0.168 e. The second kappa shape index (κ2) is 5.68. The standard InChI is InChI=1S/C15H12BrClO/c1-10-3-2-4-11(7-10)8-15(18)13-6-5-12(17)9-14(13)16/h2-7,9H,8H2,1H3. The summed E-state index contributed by atoms with van der Waals surface area (Å²) in [6.07, 6.45) is 0.405. The number of rotatable bonds is 3. The number of hydrogen-bond acceptors (Lipinski definition) is 1. The minimum atomic E-state index is 0.0872. The van der Waals surface area contributed by atoms with Crippen LogP contribution in [0, 0.1) is 6.92 Å². The average Bonchev–Trinajstić information content (AvgIpc) is 2.28. The number of halogens is 2. The molecule has 0 aliphatic heterocycles. The van der Waals surface area contributed by atoms with Gasteiger partial charge >= 0.3 is 0 Å². The highest BCUT2D eigenvalue weighted by Crippen LogP contribution is 2.23. The molecule has 0 spiro atoms. The lowest BCUT2D eigenvalue weighted by Gasteiger charge is -2.05. The predicted molar refractivity (Wildman–Crippen MR) is 78.4 cm³/mol. The number of ketones is 1. The Labute approximate surface area is 120 Å². The van der Waals surface area contributed by atoms with Crippen molar-refractivity contribution in [1.82, 2.24) is 0 Å². The van der Waals surface area contributed by atoms with E-state index in [1.54, 1.807) is 18.2 Å². The van der Waals surface area contributed by atoms with Crippen LogP contribution in [0.25, 0.3) is 0 Å². The van der Waals surface area contributed by atoms with Crippen molar-refractivity contribution in [1.29, 1.82) is 0 Å². The van der Waals surface area contributed by atoms with Gasteiger partial charge in [0, 0.05) is 21.5 Å². The molecule has 0 N–H and O–H groups in total. The molecule has 92 valence electrons. The molecule has 3 heteroatoms. The number of hydrogen-bond donors (Lipinski definition) is 0. The third-order valence-electron chi connectivity index (χ3n) is 2.68. The molecule has 0 aromatic heterocycles. The maximum Gasteiger partial charge on any atom is 0.168 e. The number of aryl methyl sites for hydroxylation is 1. The van der Waals surface area contributed by atoms with E-state index in [1.807, 2.05) is 31.2 Å². The fraction of sp³-hybridized carbons (Fsp3) is 0.133. The van der Waals surface area contributed by atoms with Crippen LogP contribution in [0.1, 0.15) is 21.5 Å². The van der Waals surface area contributed by atoms with E-state index in [-0.39, 0.29) is 5.78 Å². The van der Waals surface area contributed by atoms with Gasteiger partial charge < -0.3 is 0 Å². The molecular weight excluding hydrogens is 312 g/mol. The zero-order chi connectivity index (χ0) is 13.1. The molecule has 0 amide bonds. The van der Waals surface area contributed by atoms with E-state index in [2.05, 4.69) is 15.9 Å². The van der Waals surface area contributed by atoms with Crippen molar-refractivity contribution in [2.24, 2.45) is 0 Å². The van der Waals surface area contributed by atoms with E-state index in [9.17, 15) is 4.79 Å². The van der Waals surface area contributed by atoms with Gasteiger partial charge in [-0.1, -0.05) is 41.4 Å². The highest BCUT2D eigenvalue weighted by molar-refractivity contribution is 9.10. The first-order chi connectivity index (χ1) is 8.56. The summed E-state index contributed by atoms with van der Waals surface area (Å²) in [6.45, 7) is 2.02. The SMILES string of the molecule is Cc1cccc(CC(=O)c2ccc(Cl)cc2Br)c1. The Kier molecular flexibility index (Phi) is 4.20. The van der Waals surface area contributed by atoms with Crippen LogP contribution in [0.15, 0.2) is 46.9 Å². The normalized spacial score (nSPS) is 10.4. The summed E-state index contributed by atoms with van der Waals surface area (Å²) in [6, 6.07) is 13.2. The van der Waals surface area contributed by atoms with Crippen LogP contribution < -0.4 is 0 Å². The van der Waals surface area contributed by atoms with Gasteiger partial charge in [-0.15, -0.1) is 0 Å². The lowest BCUT2D eigenvalue weighted by molar-refractivity contribution is 0.0992. The molecule has 2 aromatic rings. The molecular formula is C15H12BrClO. The second-order valence-corrected chi connectivity index (χ2v) is 5.50. The zero-order valence-electron chi connectivity index (χ0n) is 9.91. The molecule has 0 bridgehead atoms. The van der Waals surface area contributed by atoms with Gasteiger partial charge in [0.1, 0.15) is 0 Å². The largest absolute Gasteiger partial charge is 0.294 e. The fourth-order valence-electron chi connectivity index (χ4n) is 1.82. The molecule has 0 unspecified atom stereocenters. The van der Waals surface area contributed by atoms with E-state index < -0.39 is 0 Å². The molecule has 0 aliphatic rings. The number of benzene rings is 2. The van der Waals surface area contributed by atoms with Crippen molar-refractivity contribution in [3.8, 4) is 0 Å². The Hall–Kier alpha value is -1.12. The van der Waals surface area contributed by atoms with Crippen molar-refractivity contribution in [3.63, 3.8) is 0 Å². The van der Waals surface area contributed by atoms with Crippen molar-refractivity contribution in [2.75, 3.05) is 0 Å². The van der Waals surface area contributed by atoms with Crippen molar-refractivity contribution in [2.45, 2.75) is 13.3 Å². The van der Waals surface area contributed by atoms with Gasteiger partial charge in [-0.2, -0.15) is 0 Å². The first kappa shape index (κ1) is 13.3. The summed E-state index contributed by atoms with van der Waals surface area (Å²) >= 11 is 9.23. The van der Waals surface area contributed by atoms with Crippen molar-refractivity contribution >= 4 is 33.3 Å². The molecule has 0 heterocycles. The maximum atomic E-state index is 12.2. The average molecular weight is 324 g/mol. The number of carbonyl (C=O) groups excluding carboxylic acids is 1. The summed E-state index contributed by atoms with van der Waals surface area (Å²) in [4.78, 5) is 12.2. The van der Waals surface area contributed by atoms with Crippen molar-refractivity contribution in [3.05, 3.63) is 68.7 Å². The summed E-state index contributed by atoms with van der Waals surface area (Å²) in [5, 5.41) is 0.619. The minimum Gasteiger partial charge on any atom is -0.294 e. The van der Waals surface area contributed by atoms with Crippen LogP contribution in [0.2, 0.25) is 5.02 Å². The summed E-state index contributed by atoms with van der Waals surface area (Å²) in [7, 11) is 0. The summed E-state index contributed by atoms with van der Waals surface area (Å²) < 4.78 is 0.743. The Bertz CT molecular complexity index is 593. The van der Waals surface area contributed by atoms with Crippen LogP contribution in [-0.4, -0.2) is 5.78 Å². The van der Waals surface area contributed by atoms with Gasteiger partial charge in [0.15, 0.2) is 5.78 Å². The number of Topliss-reactive ketones (excluding diaryl/α,β-unsaturated/α-hetero) is 1. The molecule has 18 heavy (non-hydrogen) atoms. The Morgan fingerprint density at radius 1 is 1.22 bits per heavy atom. The lowest BCUT2D eigenvalue weighted by atomic mass is 10.0. The van der Waals surface area contributed by atoms with E-state index >= 15 is 0 Å². The van der Waals surface area contributed by atoms with Crippen LogP contribution in [0.4, 0.5) is 0 Å². The molecule has 0 fully saturated rings. The van der Waals surface area contributed by atoms with Crippen LogP contribution in [0.5, 0.6) is 0 Å². The van der Waals surface area contributed by atoms with Gasteiger partial charge in [0.05, 0.1) is 0 Å². The summed E-state index contributed by atoms with van der Waals surface area (Å²) in [5.74, 6) is 0.0872. The first-order valence-corrected chi connectivity index (χ1v) is 6.77. The van der Waals surface area contributed by atoms with Gasteiger partial charge in [-0.3, -0.25) is 4.79 Å². The van der Waals surface area contributed by atoms with Crippen molar-refractivity contribution < 1.29 is 4.79 Å². The van der Waals surface area contributed by atoms with Gasteiger partial charge in [0.2, 0.25) is 0 Å². The monoisotopic (exact) mass is 322 g/mol. The highest BCUT2D eigenvalue weighted by atomic mass is 79.9. The first-order valence-electron chi connectivity index (χ1n) is 5.60. The lowest BCUT2D eigenvalue weighted by Crippen LogP contribution is -2.04. The quantitative estimate of drug-likeness (QED) is 0.739. The Morgan fingerprint density at radius 2 is 2.00 bits per heavy atom. The molecule has 0 radical (unpaired) electrons. The van der Waals surface area contributed by atoms with E-state index in [0.717, 1.165) is 15.6 Å². The number of carbonyl (C=O) groups is 1. The van der Waals surface area contributed by atoms with Gasteiger partial charge in [-0.25, -0.2) is 0 Å². The Balaban J connectivity index is 2.22. The van der Waals surface area contributed by atoms with Crippen LogP contribution in [0.3, 0.4) is 0 Å². The minimum absolute atomic E-state index is 0.0872. The van der Waals surface area contributed by atoms with Gasteiger partial charge in [-0.05, 0) is 46.6 Å². The zero-order valence-corrected chi connectivity index (χ0v) is 12.3. The molecule has 0 atom stereocenters. The van der Waals surface area contributed by atoms with Crippen LogP contribution in [-0.2, 0) is 6.42 Å². The second-order valence-electron chi connectivity index (χ2n) is 4.21. The summed E-state index contributed by atoms with van der Waals surface area (Å²) in [5.41, 5.74) is 2.86. The molecule has 1 nitrogen and oxygen atoms in total. The predicted octanol–water partition coefficient (Wildman–Crippen LogP) is 4.84. The highest BCUT2D eigenvalue weighted by Gasteiger charge is 2.11. The van der Waals surface area contributed by atoms with Gasteiger partial charge in [0.25, 0.3) is 0 Å². The molecule has 2 rings (SSSR count). The maximum absolute atomic E-state index is 12.2. The third kappa shape index (κ3) is 3.21. The fourth-order valence-corrected chi connectivity index (χ4v) is 2.72. The molecule has 0 saturated carbocycles. The Morgan fingerprint density at radius 3 is 2.67 bits per heavy atom. The molecule has 2 aromatic carbocycles.